The second kappa shape index (κ2) is 9.05. The van der Waals surface area contributed by atoms with E-state index in [-0.39, 0.29) is 26.9 Å². The molecule has 0 atom stereocenters. The van der Waals surface area contributed by atoms with Gasteiger partial charge >= 0.3 is 5.97 Å². The summed E-state index contributed by atoms with van der Waals surface area (Å²) in [7, 11) is -3.82. The molecule has 0 heterocycles. The average molecular weight is 444 g/mol. The Hall–Kier alpha value is -2.62. The zero-order chi connectivity index (χ0) is 20.9. The molecule has 0 bridgehead atoms. The van der Waals surface area contributed by atoms with Gasteiger partial charge in [-0.15, -0.1) is 0 Å². The number of benzene rings is 2. The number of amides is 1. The standard InChI is InChI=1S/C17H15Cl2N3O5S/c1-28(26,27)22(14-7-12(18)6-13(19)8-14)10-16(23)21-20-9-11-4-2-3-5-15(11)17(24)25/h2-9H,10H2,1H3,(H,21,23)(H,24,25)/b20-9-. The molecule has 0 spiro atoms. The number of hydrogen-bond donors (Lipinski definition) is 2. The first kappa shape index (κ1) is 21.7. The second-order valence-corrected chi connectivity index (χ2v) is 8.36. The lowest BCUT2D eigenvalue weighted by Crippen LogP contribution is -2.39. The number of hydrazone groups is 1. The van der Waals surface area contributed by atoms with Gasteiger partial charge in [-0.05, 0) is 24.3 Å². The Balaban J connectivity index is 2.16. The van der Waals surface area contributed by atoms with Crippen LogP contribution in [0, 0.1) is 0 Å². The van der Waals surface area contributed by atoms with Gasteiger partial charge in [0.05, 0.1) is 23.7 Å². The summed E-state index contributed by atoms with van der Waals surface area (Å²) in [6, 6.07) is 10.2. The quantitative estimate of drug-likeness (QED) is 0.503. The molecule has 0 aromatic heterocycles. The first-order valence-electron chi connectivity index (χ1n) is 7.66. The van der Waals surface area contributed by atoms with E-state index in [2.05, 4.69) is 10.5 Å². The molecule has 0 aliphatic rings. The lowest BCUT2D eigenvalue weighted by Gasteiger charge is -2.21. The van der Waals surface area contributed by atoms with Gasteiger partial charge < -0.3 is 5.11 Å². The molecule has 0 saturated heterocycles. The van der Waals surface area contributed by atoms with Crippen molar-refractivity contribution in [3.63, 3.8) is 0 Å². The molecule has 2 aromatic carbocycles. The summed E-state index contributed by atoms with van der Waals surface area (Å²) in [5.41, 5.74) is 2.57. The van der Waals surface area contributed by atoms with Gasteiger partial charge in [0.25, 0.3) is 5.91 Å². The van der Waals surface area contributed by atoms with E-state index in [0.717, 1.165) is 16.8 Å². The van der Waals surface area contributed by atoms with Crippen LogP contribution in [-0.4, -0.2) is 44.4 Å². The van der Waals surface area contributed by atoms with E-state index < -0.39 is 28.4 Å². The van der Waals surface area contributed by atoms with Crippen LogP contribution in [0.15, 0.2) is 47.6 Å². The fourth-order valence-corrected chi connectivity index (χ4v) is 3.58. The number of nitrogens with one attached hydrogen (secondary N) is 1. The highest BCUT2D eigenvalue weighted by Gasteiger charge is 2.21. The fraction of sp³-hybridized carbons (Fsp3) is 0.118. The van der Waals surface area contributed by atoms with Crippen LogP contribution in [0.5, 0.6) is 0 Å². The summed E-state index contributed by atoms with van der Waals surface area (Å²) in [6.07, 6.45) is 2.09. The van der Waals surface area contributed by atoms with Crippen LogP contribution < -0.4 is 9.73 Å². The number of carbonyl (C=O) groups excluding carboxylic acids is 1. The van der Waals surface area contributed by atoms with Gasteiger partial charge in [0.1, 0.15) is 6.54 Å². The van der Waals surface area contributed by atoms with E-state index >= 15 is 0 Å². The normalized spacial score (nSPS) is 11.4. The van der Waals surface area contributed by atoms with E-state index in [1.807, 2.05) is 0 Å². The number of carboxylic acid groups (broad SMARTS) is 1. The number of carboxylic acids is 1. The van der Waals surface area contributed by atoms with E-state index in [0.29, 0.717) is 0 Å². The molecule has 148 valence electrons. The van der Waals surface area contributed by atoms with Crippen LogP contribution in [-0.2, 0) is 14.8 Å². The van der Waals surface area contributed by atoms with Gasteiger partial charge in [-0.3, -0.25) is 9.10 Å². The number of sulfonamides is 1. The third-order valence-corrected chi connectivity index (χ3v) is 4.98. The average Bonchev–Trinajstić information content (AvgIpc) is 2.58. The van der Waals surface area contributed by atoms with Crippen molar-refractivity contribution in [1.82, 2.24) is 5.43 Å². The fourth-order valence-electron chi connectivity index (χ4n) is 2.23. The SMILES string of the molecule is CS(=O)(=O)N(CC(=O)N/N=C\c1ccccc1C(=O)O)c1cc(Cl)cc(Cl)c1. The lowest BCUT2D eigenvalue weighted by atomic mass is 10.1. The van der Waals surface area contributed by atoms with Crippen LogP contribution in [0.2, 0.25) is 10.0 Å². The van der Waals surface area contributed by atoms with Crippen LogP contribution in [0.25, 0.3) is 0 Å². The molecule has 28 heavy (non-hydrogen) atoms. The van der Waals surface area contributed by atoms with Crippen molar-refractivity contribution >= 4 is 57.0 Å². The zero-order valence-electron chi connectivity index (χ0n) is 14.5. The van der Waals surface area contributed by atoms with Crippen LogP contribution in [0.3, 0.4) is 0 Å². The first-order valence-corrected chi connectivity index (χ1v) is 10.3. The third-order valence-electron chi connectivity index (χ3n) is 3.41. The molecule has 2 N–H and O–H groups in total. The molecular weight excluding hydrogens is 429 g/mol. The molecule has 0 aliphatic carbocycles. The van der Waals surface area contributed by atoms with E-state index in [4.69, 9.17) is 28.3 Å². The predicted octanol–water partition coefficient (Wildman–Crippen LogP) is 2.61. The highest BCUT2D eigenvalue weighted by atomic mass is 35.5. The van der Waals surface area contributed by atoms with Crippen molar-refractivity contribution < 1.29 is 23.1 Å². The number of rotatable bonds is 7. The van der Waals surface area contributed by atoms with Gasteiger partial charge in [-0.2, -0.15) is 5.10 Å². The van der Waals surface area contributed by atoms with Crippen LogP contribution in [0.4, 0.5) is 5.69 Å². The minimum Gasteiger partial charge on any atom is -0.478 e. The smallest absolute Gasteiger partial charge is 0.336 e. The molecule has 1 amide bonds. The van der Waals surface area contributed by atoms with Crippen molar-refractivity contribution in [2.24, 2.45) is 5.10 Å². The molecular formula is C17H15Cl2N3O5S. The molecule has 2 rings (SSSR count). The molecule has 0 aliphatic heterocycles. The van der Waals surface area contributed by atoms with Gasteiger partial charge in [0, 0.05) is 15.6 Å². The largest absolute Gasteiger partial charge is 0.478 e. The van der Waals surface area contributed by atoms with E-state index in [9.17, 15) is 18.0 Å². The number of anilines is 1. The summed E-state index contributed by atoms with van der Waals surface area (Å²) in [5.74, 6) is -1.89. The maximum atomic E-state index is 12.1. The van der Waals surface area contributed by atoms with E-state index in [1.165, 1.54) is 30.3 Å². The number of aromatic carboxylic acids is 1. The van der Waals surface area contributed by atoms with E-state index in [1.54, 1.807) is 12.1 Å². The number of hydrogen-bond acceptors (Lipinski definition) is 5. The van der Waals surface area contributed by atoms with Gasteiger partial charge in [0.15, 0.2) is 0 Å². The van der Waals surface area contributed by atoms with Crippen LogP contribution in [0.1, 0.15) is 15.9 Å². The second-order valence-electron chi connectivity index (χ2n) is 5.58. The molecule has 2 aromatic rings. The highest BCUT2D eigenvalue weighted by molar-refractivity contribution is 7.92. The van der Waals surface area contributed by atoms with Crippen LogP contribution >= 0.6 is 23.2 Å². The Morgan fingerprint density at radius 3 is 2.36 bits per heavy atom. The molecule has 11 heteroatoms. The summed E-state index contributed by atoms with van der Waals surface area (Å²) in [6.45, 7) is -0.576. The monoisotopic (exact) mass is 443 g/mol. The Morgan fingerprint density at radius 1 is 1.18 bits per heavy atom. The number of nitrogens with zero attached hydrogens (tertiary/aromatic N) is 2. The zero-order valence-corrected chi connectivity index (χ0v) is 16.8. The molecule has 0 fully saturated rings. The van der Waals surface area contributed by atoms with Crippen molar-refractivity contribution in [1.29, 1.82) is 0 Å². The molecule has 0 unspecified atom stereocenters. The summed E-state index contributed by atoms with van der Waals surface area (Å²) >= 11 is 11.8. The van der Waals surface area contributed by atoms with Crippen molar-refractivity contribution in [3.05, 3.63) is 63.6 Å². The summed E-state index contributed by atoms with van der Waals surface area (Å²) in [4.78, 5) is 23.3. The van der Waals surface area contributed by atoms with Crippen molar-refractivity contribution in [2.45, 2.75) is 0 Å². The molecule has 0 radical (unpaired) electrons. The Morgan fingerprint density at radius 2 is 1.79 bits per heavy atom. The number of halogens is 2. The van der Waals surface area contributed by atoms with Crippen molar-refractivity contribution in [2.75, 3.05) is 17.1 Å². The maximum absolute atomic E-state index is 12.1. The van der Waals surface area contributed by atoms with Gasteiger partial charge in [0.2, 0.25) is 10.0 Å². The first-order chi connectivity index (χ1) is 13.1. The molecule has 8 nitrogen and oxygen atoms in total. The third kappa shape index (κ3) is 5.95. The summed E-state index contributed by atoms with van der Waals surface area (Å²) in [5, 5.41) is 13.2. The van der Waals surface area contributed by atoms with Crippen molar-refractivity contribution in [3.8, 4) is 0 Å². The number of carbonyl (C=O) groups is 2. The lowest BCUT2D eigenvalue weighted by molar-refractivity contribution is -0.119. The Bertz CT molecular complexity index is 1020. The Labute approximate surface area is 171 Å². The van der Waals surface area contributed by atoms with Gasteiger partial charge in [-0.1, -0.05) is 41.4 Å². The van der Waals surface area contributed by atoms with Gasteiger partial charge in [-0.25, -0.2) is 18.6 Å². The Kier molecular flexibility index (Phi) is 7.00. The maximum Gasteiger partial charge on any atom is 0.336 e. The minimum atomic E-state index is -3.82. The molecule has 0 saturated carbocycles. The highest BCUT2D eigenvalue weighted by Crippen LogP contribution is 2.26. The topological polar surface area (TPSA) is 116 Å². The summed E-state index contributed by atoms with van der Waals surface area (Å²) < 4.78 is 24.9. The minimum absolute atomic E-state index is 0.00632. The predicted molar refractivity (Wildman–Crippen MR) is 108 cm³/mol.